The van der Waals surface area contributed by atoms with Crippen LogP contribution < -0.4 is 10.6 Å². The zero-order chi connectivity index (χ0) is 19.8. The lowest BCUT2D eigenvalue weighted by Crippen LogP contribution is -2.46. The van der Waals surface area contributed by atoms with Crippen molar-refractivity contribution in [2.24, 2.45) is 12.0 Å². The minimum Gasteiger partial charge on any atom is -0.379 e. The minimum atomic E-state index is -0.113. The van der Waals surface area contributed by atoms with Crippen LogP contribution in [-0.4, -0.2) is 83.8 Å². The fourth-order valence-electron chi connectivity index (χ4n) is 3.49. The smallest absolute Gasteiger partial charge is 0.191 e. The lowest BCUT2D eigenvalue weighted by atomic mass is 10.0. The molecule has 2 N–H and O–H groups in total. The van der Waals surface area contributed by atoms with E-state index in [1.165, 1.54) is 0 Å². The summed E-state index contributed by atoms with van der Waals surface area (Å²) in [6.45, 7) is 11.9. The Morgan fingerprint density at radius 3 is 2.66 bits per heavy atom. The normalized spacial score (nSPS) is 23.1. The van der Waals surface area contributed by atoms with Crippen molar-refractivity contribution in [2.45, 2.75) is 45.3 Å². The van der Waals surface area contributed by atoms with Crippen LogP contribution in [0.5, 0.6) is 0 Å². The maximum absolute atomic E-state index is 5.89. The van der Waals surface area contributed by atoms with Crippen molar-refractivity contribution in [3.05, 3.63) is 11.6 Å². The molecular weight excluding hydrogens is 485 g/mol. The first-order chi connectivity index (χ1) is 13.6. The summed E-state index contributed by atoms with van der Waals surface area (Å²) in [5.41, 5.74) is -0.113. The van der Waals surface area contributed by atoms with Gasteiger partial charge in [-0.25, -0.2) is 4.99 Å². The molecule has 1 atom stereocenters. The van der Waals surface area contributed by atoms with Crippen molar-refractivity contribution in [3.8, 4) is 0 Å². The second-order valence-electron chi connectivity index (χ2n) is 7.88. The summed E-state index contributed by atoms with van der Waals surface area (Å²) in [4.78, 5) is 7.18. The maximum Gasteiger partial charge on any atom is 0.191 e. The van der Waals surface area contributed by atoms with E-state index in [0.29, 0.717) is 6.54 Å². The SMILES string of the molecule is Cc1nnc(CN=C(NCCCN2CCOCC2)NCC2(C)CCCO2)n1C.I. The molecule has 2 fully saturated rings. The molecule has 0 saturated carbocycles. The van der Waals surface area contributed by atoms with E-state index < -0.39 is 0 Å². The van der Waals surface area contributed by atoms with Crippen LogP contribution in [0.2, 0.25) is 0 Å². The summed E-state index contributed by atoms with van der Waals surface area (Å²) in [6, 6.07) is 0. The van der Waals surface area contributed by atoms with Gasteiger partial charge in [0.15, 0.2) is 11.8 Å². The van der Waals surface area contributed by atoms with Crippen LogP contribution in [0.25, 0.3) is 0 Å². The molecule has 1 aromatic rings. The molecule has 9 nitrogen and oxygen atoms in total. The summed E-state index contributed by atoms with van der Waals surface area (Å²) < 4.78 is 13.3. The van der Waals surface area contributed by atoms with Crippen molar-refractivity contribution in [1.29, 1.82) is 0 Å². The van der Waals surface area contributed by atoms with Gasteiger partial charge in [0.25, 0.3) is 0 Å². The molecule has 3 heterocycles. The highest BCUT2D eigenvalue weighted by Gasteiger charge is 2.29. The zero-order valence-electron chi connectivity index (χ0n) is 17.9. The van der Waals surface area contributed by atoms with Crippen LogP contribution >= 0.6 is 24.0 Å². The van der Waals surface area contributed by atoms with E-state index >= 15 is 0 Å². The van der Waals surface area contributed by atoms with Crippen LogP contribution in [0.1, 0.15) is 37.8 Å². The Labute approximate surface area is 191 Å². The molecule has 2 aliphatic heterocycles. The van der Waals surface area contributed by atoms with E-state index in [4.69, 9.17) is 14.5 Å². The van der Waals surface area contributed by atoms with E-state index in [1.807, 2.05) is 18.5 Å². The number of ether oxygens (including phenoxy) is 2. The Morgan fingerprint density at radius 1 is 1.21 bits per heavy atom. The van der Waals surface area contributed by atoms with Crippen LogP contribution in [0.3, 0.4) is 0 Å². The number of morpholine rings is 1. The molecule has 0 aliphatic carbocycles. The lowest BCUT2D eigenvalue weighted by Gasteiger charge is -2.27. The standard InChI is InChI=1S/C19H35N7O2.HI/c1-16-23-24-17(25(16)3)14-21-18(22-15-19(2)6-4-11-28-19)20-7-5-8-26-9-12-27-13-10-26;/h4-15H2,1-3H3,(H2,20,21,22);1H. The van der Waals surface area contributed by atoms with Crippen molar-refractivity contribution in [1.82, 2.24) is 30.3 Å². The number of aromatic nitrogens is 3. The van der Waals surface area contributed by atoms with Gasteiger partial charge in [0.2, 0.25) is 0 Å². The molecule has 0 radical (unpaired) electrons. The van der Waals surface area contributed by atoms with Gasteiger partial charge in [-0.2, -0.15) is 0 Å². The lowest BCUT2D eigenvalue weighted by molar-refractivity contribution is 0.0242. The Bertz CT molecular complexity index is 641. The Morgan fingerprint density at radius 2 is 2.00 bits per heavy atom. The molecule has 0 bridgehead atoms. The highest BCUT2D eigenvalue weighted by molar-refractivity contribution is 14.0. The van der Waals surface area contributed by atoms with Crippen LogP contribution in [0.4, 0.5) is 0 Å². The summed E-state index contributed by atoms with van der Waals surface area (Å²) in [7, 11) is 1.97. The summed E-state index contributed by atoms with van der Waals surface area (Å²) >= 11 is 0. The molecular formula is C19H36IN7O2. The highest BCUT2D eigenvalue weighted by Crippen LogP contribution is 2.23. The molecule has 0 amide bonds. The molecule has 3 rings (SSSR count). The predicted octanol–water partition coefficient (Wildman–Crippen LogP) is 1.07. The predicted molar refractivity (Wildman–Crippen MR) is 124 cm³/mol. The van der Waals surface area contributed by atoms with Crippen molar-refractivity contribution in [2.75, 3.05) is 52.5 Å². The van der Waals surface area contributed by atoms with Gasteiger partial charge in [-0.15, -0.1) is 34.2 Å². The van der Waals surface area contributed by atoms with Gasteiger partial charge >= 0.3 is 0 Å². The summed E-state index contributed by atoms with van der Waals surface area (Å²) in [6.07, 6.45) is 3.26. The third-order valence-electron chi connectivity index (χ3n) is 5.54. The van der Waals surface area contributed by atoms with E-state index in [1.54, 1.807) is 0 Å². The molecule has 1 aromatic heterocycles. The van der Waals surface area contributed by atoms with Crippen molar-refractivity contribution in [3.63, 3.8) is 0 Å². The average molecular weight is 521 g/mol. The Balaban J connectivity index is 0.00000300. The summed E-state index contributed by atoms with van der Waals surface area (Å²) in [5.74, 6) is 2.56. The first kappa shape index (κ1) is 24.3. The molecule has 29 heavy (non-hydrogen) atoms. The van der Waals surface area contributed by atoms with E-state index in [-0.39, 0.29) is 29.6 Å². The van der Waals surface area contributed by atoms with Crippen LogP contribution in [-0.2, 0) is 23.1 Å². The van der Waals surface area contributed by atoms with E-state index in [2.05, 4.69) is 32.7 Å². The van der Waals surface area contributed by atoms with Gasteiger partial charge in [-0.3, -0.25) is 4.90 Å². The van der Waals surface area contributed by atoms with Crippen LogP contribution in [0.15, 0.2) is 4.99 Å². The Hall–Kier alpha value is -0.980. The number of hydrogen-bond acceptors (Lipinski definition) is 6. The number of hydrogen-bond donors (Lipinski definition) is 2. The zero-order valence-corrected chi connectivity index (χ0v) is 20.3. The second-order valence-corrected chi connectivity index (χ2v) is 7.88. The molecule has 10 heteroatoms. The topological polar surface area (TPSA) is 88.8 Å². The molecule has 1 unspecified atom stereocenters. The van der Waals surface area contributed by atoms with E-state index in [0.717, 1.165) is 89.4 Å². The number of halogens is 1. The highest BCUT2D eigenvalue weighted by atomic mass is 127. The van der Waals surface area contributed by atoms with Gasteiger partial charge in [-0.1, -0.05) is 0 Å². The number of guanidine groups is 1. The van der Waals surface area contributed by atoms with Gasteiger partial charge < -0.3 is 24.7 Å². The summed E-state index contributed by atoms with van der Waals surface area (Å²) in [5, 5.41) is 15.2. The third kappa shape index (κ3) is 7.65. The van der Waals surface area contributed by atoms with Crippen molar-refractivity contribution < 1.29 is 9.47 Å². The minimum absolute atomic E-state index is 0. The van der Waals surface area contributed by atoms with Crippen LogP contribution in [0, 0.1) is 6.92 Å². The average Bonchev–Trinajstić information content (AvgIpc) is 3.28. The van der Waals surface area contributed by atoms with Gasteiger partial charge in [0.05, 0.1) is 18.8 Å². The van der Waals surface area contributed by atoms with Crippen molar-refractivity contribution >= 4 is 29.9 Å². The fraction of sp³-hybridized carbons (Fsp3) is 0.842. The Kier molecular flexibility index (Phi) is 10.1. The molecule has 2 saturated heterocycles. The third-order valence-corrected chi connectivity index (χ3v) is 5.54. The molecule has 0 aromatic carbocycles. The van der Waals surface area contributed by atoms with Gasteiger partial charge in [-0.05, 0) is 39.7 Å². The first-order valence-electron chi connectivity index (χ1n) is 10.4. The van der Waals surface area contributed by atoms with E-state index in [9.17, 15) is 0 Å². The molecule has 2 aliphatic rings. The largest absolute Gasteiger partial charge is 0.379 e. The maximum atomic E-state index is 5.89. The monoisotopic (exact) mass is 521 g/mol. The molecule has 166 valence electrons. The van der Waals surface area contributed by atoms with Gasteiger partial charge in [0.1, 0.15) is 12.4 Å². The number of nitrogens with zero attached hydrogens (tertiary/aromatic N) is 5. The fourth-order valence-corrected chi connectivity index (χ4v) is 3.49. The second kappa shape index (κ2) is 12.0. The van der Waals surface area contributed by atoms with Gasteiger partial charge in [0, 0.05) is 39.8 Å². The first-order valence-corrected chi connectivity index (χ1v) is 10.4. The quantitative estimate of drug-likeness (QED) is 0.229. The number of nitrogens with one attached hydrogen (secondary N) is 2. The molecule has 0 spiro atoms. The number of rotatable bonds is 8. The number of aliphatic imine (C=N–C) groups is 1. The number of aryl methyl sites for hydroxylation is 1.